The summed E-state index contributed by atoms with van der Waals surface area (Å²) in [4.78, 5) is 12.2. The summed E-state index contributed by atoms with van der Waals surface area (Å²) in [6.45, 7) is 5.13. The van der Waals surface area contributed by atoms with Gasteiger partial charge in [-0.3, -0.25) is 4.79 Å². The number of ether oxygens (including phenoxy) is 1. The molecule has 0 bridgehead atoms. The second-order valence-electron chi connectivity index (χ2n) is 10.2. The van der Waals surface area contributed by atoms with E-state index >= 15 is 0 Å². The monoisotopic (exact) mass is 347 g/mol. The van der Waals surface area contributed by atoms with Crippen molar-refractivity contribution in [2.45, 2.75) is 77.2 Å². The lowest BCUT2D eigenvalue weighted by Gasteiger charge is -2.61. The number of ketones is 1. The zero-order valence-electron chi connectivity index (χ0n) is 16.4. The summed E-state index contributed by atoms with van der Waals surface area (Å²) in [7, 11) is 1.84. The molecular formula is C22H37NO2. The molecule has 0 aromatic rings. The van der Waals surface area contributed by atoms with Gasteiger partial charge in [-0.25, -0.2) is 0 Å². The number of carbonyl (C=O) groups excluding carboxylic acids is 1. The van der Waals surface area contributed by atoms with Crippen LogP contribution in [-0.4, -0.2) is 25.0 Å². The lowest BCUT2D eigenvalue weighted by molar-refractivity contribution is -0.130. The Bertz CT molecular complexity index is 534. The van der Waals surface area contributed by atoms with Gasteiger partial charge >= 0.3 is 0 Å². The van der Waals surface area contributed by atoms with E-state index in [1.165, 1.54) is 51.4 Å². The molecule has 0 aliphatic heterocycles. The molecule has 4 aliphatic carbocycles. The van der Waals surface area contributed by atoms with Crippen LogP contribution in [0.25, 0.3) is 0 Å². The fourth-order valence-corrected chi connectivity index (χ4v) is 8.17. The fraction of sp³-hybridized carbons (Fsp3) is 0.955. The fourth-order valence-electron chi connectivity index (χ4n) is 8.17. The van der Waals surface area contributed by atoms with Gasteiger partial charge in [-0.05, 0) is 99.7 Å². The third kappa shape index (κ3) is 2.64. The van der Waals surface area contributed by atoms with E-state index in [-0.39, 0.29) is 16.9 Å². The lowest BCUT2D eigenvalue weighted by Crippen LogP contribution is -2.65. The van der Waals surface area contributed by atoms with Crippen molar-refractivity contribution in [1.29, 1.82) is 0 Å². The number of hydrogen-bond donors (Lipinski definition) is 1. The van der Waals surface area contributed by atoms with Crippen molar-refractivity contribution in [1.82, 2.24) is 0 Å². The van der Waals surface area contributed by atoms with Gasteiger partial charge in [-0.15, -0.1) is 0 Å². The maximum Gasteiger partial charge on any atom is 0.133 e. The summed E-state index contributed by atoms with van der Waals surface area (Å²) in [6.07, 6.45) is 11.2. The highest BCUT2D eigenvalue weighted by molar-refractivity contribution is 5.79. The summed E-state index contributed by atoms with van der Waals surface area (Å²) in [5, 5.41) is 0. The van der Waals surface area contributed by atoms with Crippen molar-refractivity contribution in [3.05, 3.63) is 0 Å². The third-order valence-corrected chi connectivity index (χ3v) is 9.18. The highest BCUT2D eigenvalue weighted by Gasteiger charge is 2.63. The highest BCUT2D eigenvalue weighted by atomic mass is 16.5. The molecule has 3 nitrogen and oxygen atoms in total. The van der Waals surface area contributed by atoms with E-state index in [2.05, 4.69) is 6.92 Å². The Morgan fingerprint density at radius 1 is 1.12 bits per heavy atom. The lowest BCUT2D eigenvalue weighted by atomic mass is 9.46. The maximum atomic E-state index is 12.2. The minimum absolute atomic E-state index is 0.00748. The topological polar surface area (TPSA) is 52.3 Å². The van der Waals surface area contributed by atoms with E-state index < -0.39 is 0 Å². The molecule has 4 aliphatic rings. The Balaban J connectivity index is 1.56. The van der Waals surface area contributed by atoms with Crippen molar-refractivity contribution in [2.75, 3.05) is 13.7 Å². The highest BCUT2D eigenvalue weighted by Crippen LogP contribution is 2.65. The SMILES string of the molecule is COCC1CCC2C(CCC3(N)C2CCC2(C)C(C(C)=O)CCC23)C1. The molecule has 2 N–H and O–H groups in total. The standard InChI is InChI=1S/C22H37NO2/c1-14(24)18-6-7-20-21(18,2)10-9-19-17-5-4-15(13-25-3)12-16(17)8-11-22(19,20)23/h15-20H,4-13,23H2,1-3H3. The molecule has 0 heterocycles. The molecular weight excluding hydrogens is 310 g/mol. The van der Waals surface area contributed by atoms with Crippen molar-refractivity contribution in [2.24, 2.45) is 46.7 Å². The summed E-state index contributed by atoms with van der Waals surface area (Å²) in [5.74, 6) is 4.37. The number of hydrogen-bond acceptors (Lipinski definition) is 3. The Morgan fingerprint density at radius 3 is 2.64 bits per heavy atom. The van der Waals surface area contributed by atoms with Crippen LogP contribution in [0.2, 0.25) is 0 Å². The molecule has 0 amide bonds. The number of rotatable bonds is 3. The first-order valence-corrected chi connectivity index (χ1v) is 10.7. The van der Waals surface area contributed by atoms with Gasteiger partial charge in [-0.1, -0.05) is 6.92 Å². The van der Waals surface area contributed by atoms with Crippen LogP contribution in [0.1, 0.15) is 71.6 Å². The van der Waals surface area contributed by atoms with Crippen molar-refractivity contribution in [3.8, 4) is 0 Å². The number of Topliss-reactive ketones (excluding diaryl/α,β-unsaturated/α-hetero) is 1. The van der Waals surface area contributed by atoms with E-state index in [1.807, 2.05) is 14.0 Å². The molecule has 0 aromatic heterocycles. The van der Waals surface area contributed by atoms with Crippen LogP contribution >= 0.6 is 0 Å². The van der Waals surface area contributed by atoms with Gasteiger partial charge in [0.15, 0.2) is 0 Å². The Hall–Kier alpha value is -0.410. The largest absolute Gasteiger partial charge is 0.384 e. The average molecular weight is 348 g/mol. The quantitative estimate of drug-likeness (QED) is 0.833. The third-order valence-electron chi connectivity index (χ3n) is 9.18. The van der Waals surface area contributed by atoms with E-state index in [0.29, 0.717) is 17.6 Å². The Labute approximate surface area is 153 Å². The van der Waals surface area contributed by atoms with Crippen molar-refractivity contribution < 1.29 is 9.53 Å². The van der Waals surface area contributed by atoms with Crippen molar-refractivity contribution in [3.63, 3.8) is 0 Å². The van der Waals surface area contributed by atoms with Gasteiger partial charge < -0.3 is 10.5 Å². The molecule has 3 heteroatoms. The summed E-state index contributed by atoms with van der Waals surface area (Å²) in [5.41, 5.74) is 7.42. The molecule has 8 atom stereocenters. The minimum Gasteiger partial charge on any atom is -0.384 e. The number of fused-ring (bicyclic) bond motifs is 5. The van der Waals surface area contributed by atoms with E-state index in [1.54, 1.807) is 0 Å². The molecule has 8 unspecified atom stereocenters. The van der Waals surface area contributed by atoms with Crippen LogP contribution in [-0.2, 0) is 9.53 Å². The van der Waals surface area contributed by atoms with Gasteiger partial charge in [0.25, 0.3) is 0 Å². The zero-order valence-corrected chi connectivity index (χ0v) is 16.4. The van der Waals surface area contributed by atoms with Gasteiger partial charge in [0.2, 0.25) is 0 Å². The molecule has 4 fully saturated rings. The Morgan fingerprint density at radius 2 is 1.92 bits per heavy atom. The zero-order chi connectivity index (χ0) is 17.8. The van der Waals surface area contributed by atoms with E-state index in [0.717, 1.165) is 30.8 Å². The molecule has 0 aromatic carbocycles. The first-order valence-electron chi connectivity index (χ1n) is 10.7. The van der Waals surface area contributed by atoms with Crippen LogP contribution < -0.4 is 5.73 Å². The smallest absolute Gasteiger partial charge is 0.133 e. The summed E-state index contributed by atoms with van der Waals surface area (Å²) >= 11 is 0. The van der Waals surface area contributed by atoms with Crippen LogP contribution in [0.15, 0.2) is 0 Å². The molecule has 0 spiro atoms. The predicted molar refractivity (Wildman–Crippen MR) is 100 cm³/mol. The average Bonchev–Trinajstić information content (AvgIpc) is 2.93. The van der Waals surface area contributed by atoms with Crippen LogP contribution in [0.5, 0.6) is 0 Å². The van der Waals surface area contributed by atoms with Crippen LogP contribution in [0, 0.1) is 40.9 Å². The van der Waals surface area contributed by atoms with Gasteiger partial charge in [0.1, 0.15) is 5.78 Å². The minimum atomic E-state index is -0.00748. The second-order valence-corrected chi connectivity index (χ2v) is 10.2. The Kier molecular flexibility index (Phi) is 4.56. The molecule has 25 heavy (non-hydrogen) atoms. The molecule has 4 saturated carbocycles. The first-order chi connectivity index (χ1) is 11.9. The van der Waals surface area contributed by atoms with Gasteiger partial charge in [0, 0.05) is 25.2 Å². The summed E-state index contributed by atoms with van der Waals surface area (Å²) < 4.78 is 5.44. The molecule has 0 radical (unpaired) electrons. The second kappa shape index (κ2) is 6.34. The molecule has 4 rings (SSSR count). The van der Waals surface area contributed by atoms with Crippen molar-refractivity contribution >= 4 is 5.78 Å². The van der Waals surface area contributed by atoms with Crippen LogP contribution in [0.3, 0.4) is 0 Å². The maximum absolute atomic E-state index is 12.2. The molecule has 0 saturated heterocycles. The number of nitrogens with two attached hydrogens (primary N) is 1. The first kappa shape index (κ1) is 18.0. The molecule has 142 valence electrons. The van der Waals surface area contributed by atoms with E-state index in [4.69, 9.17) is 10.5 Å². The van der Waals surface area contributed by atoms with E-state index in [9.17, 15) is 4.79 Å². The predicted octanol–water partition coefficient (Wildman–Crippen LogP) is 4.19. The van der Waals surface area contributed by atoms with Gasteiger partial charge in [-0.2, -0.15) is 0 Å². The number of carbonyl (C=O) groups is 1. The summed E-state index contributed by atoms with van der Waals surface area (Å²) in [6, 6.07) is 0. The van der Waals surface area contributed by atoms with Gasteiger partial charge in [0.05, 0.1) is 0 Å². The van der Waals surface area contributed by atoms with Crippen LogP contribution in [0.4, 0.5) is 0 Å². The number of methoxy groups -OCH3 is 1. The normalized spacial score (nSPS) is 52.2.